The Hall–Kier alpha value is -2.42. The largest absolute Gasteiger partial charge is 0.361 e. The lowest BCUT2D eigenvalue weighted by Crippen LogP contribution is -2.18. The van der Waals surface area contributed by atoms with Gasteiger partial charge in [-0.1, -0.05) is 18.2 Å². The Morgan fingerprint density at radius 3 is 2.73 bits per heavy atom. The molecule has 0 bridgehead atoms. The number of H-pyrrole nitrogens is 1. The molecule has 0 saturated carbocycles. The molecule has 112 valence electrons. The average molecular weight is 293 g/mol. The number of rotatable bonds is 2. The van der Waals surface area contributed by atoms with Gasteiger partial charge in [-0.25, -0.2) is 0 Å². The van der Waals surface area contributed by atoms with Gasteiger partial charge in [-0.2, -0.15) is 0 Å². The van der Waals surface area contributed by atoms with Crippen molar-refractivity contribution in [3.8, 4) is 0 Å². The summed E-state index contributed by atoms with van der Waals surface area (Å²) in [5.74, 6) is 0.396. The predicted molar refractivity (Wildman–Crippen MR) is 89.7 cm³/mol. The van der Waals surface area contributed by atoms with Crippen LogP contribution >= 0.6 is 0 Å². The molecule has 1 heterocycles. The zero-order valence-electron chi connectivity index (χ0n) is 12.9. The van der Waals surface area contributed by atoms with Gasteiger partial charge in [0.15, 0.2) is 11.2 Å². The molecule has 0 aliphatic heterocycles. The van der Waals surface area contributed by atoms with E-state index in [9.17, 15) is 9.59 Å². The van der Waals surface area contributed by atoms with Crippen LogP contribution < -0.4 is 5.43 Å². The molecular formula is C19H19NO2. The Labute approximate surface area is 129 Å². The fraction of sp³-hybridized carbons (Fsp3) is 0.263. The quantitative estimate of drug-likeness (QED) is 0.855. The third kappa shape index (κ3) is 2.43. The first-order chi connectivity index (χ1) is 10.5. The highest BCUT2D eigenvalue weighted by atomic mass is 16.1. The molecule has 1 unspecified atom stereocenters. The standard InChI is InChI=1S/C19H19NO2/c1-11(2)14-8-16(12(3)19(22)10-14)13-4-5-15-17(9-13)20-7-6-18(15)21/h4-7,9,14H,1,8,10H2,2-3H3,(H,20,21). The van der Waals surface area contributed by atoms with Crippen molar-refractivity contribution < 1.29 is 4.79 Å². The predicted octanol–water partition coefficient (Wildman–Crippen LogP) is 3.86. The lowest BCUT2D eigenvalue weighted by Gasteiger charge is -2.25. The van der Waals surface area contributed by atoms with E-state index in [2.05, 4.69) is 11.6 Å². The maximum atomic E-state index is 12.3. The Bertz CT molecular complexity index is 870. The van der Waals surface area contributed by atoms with E-state index in [1.807, 2.05) is 32.0 Å². The van der Waals surface area contributed by atoms with Crippen molar-refractivity contribution in [3.63, 3.8) is 0 Å². The monoisotopic (exact) mass is 293 g/mol. The molecule has 1 aromatic carbocycles. The summed E-state index contributed by atoms with van der Waals surface area (Å²) in [6.07, 6.45) is 3.03. The zero-order chi connectivity index (χ0) is 15.9. The second-order valence-corrected chi connectivity index (χ2v) is 6.08. The SMILES string of the molecule is C=C(C)C1CC(=O)C(C)=C(c2ccc3c(=O)cc[nH]c3c2)C1. The number of hydrogen-bond donors (Lipinski definition) is 1. The molecule has 0 saturated heterocycles. The van der Waals surface area contributed by atoms with Crippen LogP contribution in [0.5, 0.6) is 0 Å². The van der Waals surface area contributed by atoms with E-state index in [1.165, 1.54) is 6.07 Å². The molecule has 1 atom stereocenters. The Morgan fingerprint density at radius 1 is 1.23 bits per heavy atom. The number of aromatic nitrogens is 1. The summed E-state index contributed by atoms with van der Waals surface area (Å²) in [6, 6.07) is 7.25. The van der Waals surface area contributed by atoms with Gasteiger partial charge in [-0.15, -0.1) is 0 Å². The third-order valence-electron chi connectivity index (χ3n) is 4.56. The molecule has 0 radical (unpaired) electrons. The second-order valence-electron chi connectivity index (χ2n) is 6.08. The summed E-state index contributed by atoms with van der Waals surface area (Å²) in [7, 11) is 0. The number of allylic oxidation sites excluding steroid dienone is 3. The van der Waals surface area contributed by atoms with E-state index in [1.54, 1.807) is 6.20 Å². The number of fused-ring (bicyclic) bond motifs is 1. The molecule has 3 heteroatoms. The van der Waals surface area contributed by atoms with E-state index >= 15 is 0 Å². The van der Waals surface area contributed by atoms with Crippen LogP contribution in [0.1, 0.15) is 32.3 Å². The van der Waals surface area contributed by atoms with Crippen molar-refractivity contribution in [3.05, 3.63) is 64.0 Å². The van der Waals surface area contributed by atoms with Crippen molar-refractivity contribution >= 4 is 22.3 Å². The maximum absolute atomic E-state index is 12.3. The highest BCUT2D eigenvalue weighted by molar-refractivity contribution is 6.04. The van der Waals surface area contributed by atoms with Gasteiger partial charge in [0.1, 0.15) is 0 Å². The fourth-order valence-electron chi connectivity index (χ4n) is 3.06. The van der Waals surface area contributed by atoms with Crippen molar-refractivity contribution in [2.24, 2.45) is 5.92 Å². The first kappa shape index (κ1) is 14.5. The van der Waals surface area contributed by atoms with Crippen LogP contribution in [0.15, 0.2) is 53.0 Å². The summed E-state index contributed by atoms with van der Waals surface area (Å²) in [6.45, 7) is 7.88. The van der Waals surface area contributed by atoms with Gasteiger partial charge in [-0.3, -0.25) is 9.59 Å². The molecule has 1 aromatic heterocycles. The minimum atomic E-state index is 0.00512. The number of pyridine rings is 1. The molecule has 0 fully saturated rings. The van der Waals surface area contributed by atoms with Crippen LogP contribution in [0.3, 0.4) is 0 Å². The topological polar surface area (TPSA) is 49.9 Å². The van der Waals surface area contributed by atoms with Crippen LogP contribution in [0.25, 0.3) is 16.5 Å². The highest BCUT2D eigenvalue weighted by Crippen LogP contribution is 2.37. The van der Waals surface area contributed by atoms with Gasteiger partial charge in [-0.05, 0) is 55.0 Å². The first-order valence-electron chi connectivity index (χ1n) is 7.47. The molecular weight excluding hydrogens is 274 g/mol. The fourth-order valence-corrected chi connectivity index (χ4v) is 3.06. The van der Waals surface area contributed by atoms with E-state index in [-0.39, 0.29) is 17.1 Å². The summed E-state index contributed by atoms with van der Waals surface area (Å²) in [4.78, 5) is 27.2. The first-order valence-corrected chi connectivity index (χ1v) is 7.47. The second kappa shape index (κ2) is 5.41. The molecule has 3 nitrogen and oxygen atoms in total. The number of carbonyl (C=O) groups excluding carboxylic acids is 1. The molecule has 1 aliphatic carbocycles. The minimum Gasteiger partial charge on any atom is -0.361 e. The van der Waals surface area contributed by atoms with Crippen LogP contribution in [0.2, 0.25) is 0 Å². The smallest absolute Gasteiger partial charge is 0.189 e. The number of hydrogen-bond acceptors (Lipinski definition) is 2. The lowest BCUT2D eigenvalue weighted by atomic mass is 9.78. The third-order valence-corrected chi connectivity index (χ3v) is 4.56. The number of carbonyl (C=O) groups is 1. The normalized spacial score (nSPS) is 18.8. The summed E-state index contributed by atoms with van der Waals surface area (Å²) in [5.41, 5.74) is 4.76. The molecule has 1 N–H and O–H groups in total. The maximum Gasteiger partial charge on any atom is 0.189 e. The van der Waals surface area contributed by atoms with Crippen molar-refractivity contribution in [1.82, 2.24) is 4.98 Å². The Balaban J connectivity index is 2.13. The van der Waals surface area contributed by atoms with Gasteiger partial charge in [0, 0.05) is 29.6 Å². The molecule has 0 spiro atoms. The van der Waals surface area contributed by atoms with Crippen molar-refractivity contribution in [2.75, 3.05) is 0 Å². The molecule has 1 aliphatic rings. The van der Waals surface area contributed by atoms with E-state index < -0.39 is 0 Å². The molecule has 22 heavy (non-hydrogen) atoms. The van der Waals surface area contributed by atoms with E-state index in [0.717, 1.165) is 34.2 Å². The summed E-state index contributed by atoms with van der Waals surface area (Å²) >= 11 is 0. The van der Waals surface area contributed by atoms with Crippen LogP contribution in [0.4, 0.5) is 0 Å². The van der Waals surface area contributed by atoms with Gasteiger partial charge in [0.25, 0.3) is 0 Å². The zero-order valence-corrected chi connectivity index (χ0v) is 12.9. The van der Waals surface area contributed by atoms with Gasteiger partial charge in [0.05, 0.1) is 0 Å². The minimum absolute atomic E-state index is 0.00512. The average Bonchev–Trinajstić information content (AvgIpc) is 2.49. The molecule has 0 amide bonds. The Morgan fingerprint density at radius 2 is 2.00 bits per heavy atom. The highest BCUT2D eigenvalue weighted by Gasteiger charge is 2.26. The van der Waals surface area contributed by atoms with Crippen molar-refractivity contribution in [2.45, 2.75) is 26.7 Å². The Kier molecular flexibility index (Phi) is 3.57. The van der Waals surface area contributed by atoms with Gasteiger partial charge >= 0.3 is 0 Å². The van der Waals surface area contributed by atoms with Crippen LogP contribution in [-0.2, 0) is 4.79 Å². The number of nitrogens with one attached hydrogen (secondary N) is 1. The molecule has 3 rings (SSSR count). The number of benzene rings is 1. The number of Topliss-reactive ketones (excluding diaryl/α,β-unsaturated/α-hetero) is 1. The van der Waals surface area contributed by atoms with Crippen LogP contribution in [0, 0.1) is 5.92 Å². The number of aromatic amines is 1. The molecule has 2 aromatic rings. The number of ketones is 1. The van der Waals surface area contributed by atoms with Gasteiger partial charge in [0.2, 0.25) is 0 Å². The van der Waals surface area contributed by atoms with Crippen molar-refractivity contribution in [1.29, 1.82) is 0 Å². The lowest BCUT2D eigenvalue weighted by molar-refractivity contribution is -0.116. The summed E-state index contributed by atoms with van der Waals surface area (Å²) in [5, 5.41) is 0.670. The van der Waals surface area contributed by atoms with E-state index in [4.69, 9.17) is 0 Å². The summed E-state index contributed by atoms with van der Waals surface area (Å²) < 4.78 is 0. The van der Waals surface area contributed by atoms with Gasteiger partial charge < -0.3 is 4.98 Å². The van der Waals surface area contributed by atoms with E-state index in [0.29, 0.717) is 11.8 Å². The van der Waals surface area contributed by atoms with Crippen LogP contribution in [-0.4, -0.2) is 10.8 Å².